The lowest BCUT2D eigenvalue weighted by molar-refractivity contribution is -0.0434. The van der Waals surface area contributed by atoms with Crippen molar-refractivity contribution in [3.05, 3.63) is 0 Å². The summed E-state index contributed by atoms with van der Waals surface area (Å²) >= 11 is -2.18. The topological polar surface area (TPSA) is 99.1 Å². The van der Waals surface area contributed by atoms with Gasteiger partial charge in [-0.15, -0.1) is 4.13 Å². The average molecular weight is 346 g/mol. The lowest BCUT2D eigenvalue weighted by atomic mass is 11.3. The molecule has 0 saturated heterocycles. The Morgan fingerprint density at radius 3 is 1.79 bits per heavy atom. The third kappa shape index (κ3) is 4.96. The molecule has 0 bridgehead atoms. The fourth-order valence-electron chi connectivity index (χ4n) is 0.499. The van der Waals surface area contributed by atoms with Crippen molar-refractivity contribution < 1.29 is 30.0 Å². The van der Waals surface area contributed by atoms with Crippen LogP contribution in [0.15, 0.2) is 3.77 Å². The summed E-state index contributed by atoms with van der Waals surface area (Å²) in [5.74, 6) is 0. The molecule has 0 heterocycles. The average Bonchev–Trinajstić information content (AvgIpc) is 2.13. The smallest absolute Gasteiger partial charge is 0.224 e. The van der Waals surface area contributed by atoms with Crippen LogP contribution in [0.1, 0.15) is 0 Å². The zero-order chi connectivity index (χ0) is 15.6. The van der Waals surface area contributed by atoms with Gasteiger partial charge in [0.15, 0.2) is 11.2 Å². The molecule has 0 aliphatic heterocycles. The van der Waals surface area contributed by atoms with E-state index in [9.17, 15) is 30.0 Å². The number of nitrogens with one attached hydrogen (secondary N) is 1. The Morgan fingerprint density at radius 1 is 1.11 bits per heavy atom. The summed E-state index contributed by atoms with van der Waals surface area (Å²) in [4.78, 5) is 0. The number of nitrogens with zero attached hydrogens (tertiary/aromatic N) is 3. The number of hydrogen-bond donors (Lipinski definition) is 1. The van der Waals surface area contributed by atoms with Crippen molar-refractivity contribution in [2.45, 2.75) is 5.51 Å². The van der Waals surface area contributed by atoms with E-state index in [2.05, 4.69) is 3.77 Å². The summed E-state index contributed by atoms with van der Waals surface area (Å²) in [5, 5.41) is 0. The fraction of sp³-hybridized carbons (Fsp3) is 1.00. The summed E-state index contributed by atoms with van der Waals surface area (Å²) in [7, 11) is -5.61. The quantitative estimate of drug-likeness (QED) is 0.720. The van der Waals surface area contributed by atoms with E-state index >= 15 is 0 Å². The molecule has 0 radical (unpaired) electrons. The Bertz CT molecular complexity index is 561. The highest BCUT2D eigenvalue weighted by molar-refractivity contribution is 8.06. The van der Waals surface area contributed by atoms with Crippen LogP contribution in [-0.2, 0) is 31.3 Å². The van der Waals surface area contributed by atoms with Crippen LogP contribution in [0, 0.1) is 0 Å². The van der Waals surface area contributed by atoms with Crippen LogP contribution in [0.25, 0.3) is 0 Å². The predicted octanol–water partition coefficient (Wildman–Crippen LogP) is -0.574. The van der Waals surface area contributed by atoms with E-state index in [1.54, 1.807) is 4.13 Å². The van der Waals surface area contributed by atoms with Gasteiger partial charge in [-0.25, -0.2) is 17.0 Å². The predicted molar refractivity (Wildman–Crippen MR) is 64.2 cm³/mol. The zero-order valence-corrected chi connectivity index (χ0v) is 12.8. The zero-order valence-electron chi connectivity index (χ0n) is 10.3. The van der Waals surface area contributed by atoms with Crippen LogP contribution in [0.5, 0.6) is 0 Å². The van der Waals surface area contributed by atoms with Crippen LogP contribution in [0.3, 0.4) is 0 Å². The molecule has 2 atom stereocenters. The second-order valence-corrected chi connectivity index (χ2v) is 9.08. The molecule has 14 heteroatoms. The van der Waals surface area contributed by atoms with Crippen molar-refractivity contribution in [3.63, 3.8) is 0 Å². The van der Waals surface area contributed by atoms with Gasteiger partial charge in [0.25, 0.3) is 0 Å². The molecular weight excluding hydrogens is 333 g/mol. The second kappa shape index (κ2) is 6.01. The van der Waals surface area contributed by atoms with E-state index in [0.29, 0.717) is 4.31 Å². The van der Waals surface area contributed by atoms with Crippen molar-refractivity contribution in [2.24, 2.45) is 3.77 Å². The summed E-state index contributed by atoms with van der Waals surface area (Å²) in [6, 6.07) is 0. The molecule has 116 valence electrons. The maximum absolute atomic E-state index is 12.2. The van der Waals surface area contributed by atoms with E-state index in [1.807, 2.05) is 0 Å². The molecule has 2 unspecified atom stereocenters. The molecule has 0 fully saturated rings. The number of rotatable bonds is 5. The van der Waals surface area contributed by atoms with Gasteiger partial charge >= 0.3 is 15.5 Å². The highest BCUT2D eigenvalue weighted by Gasteiger charge is 2.47. The molecule has 8 nitrogen and oxygen atoms in total. The Labute approximate surface area is 112 Å². The minimum Gasteiger partial charge on any atom is -0.224 e. The normalized spacial score (nSPS) is 18.4. The highest BCUT2D eigenvalue weighted by Crippen LogP contribution is 2.25. The van der Waals surface area contributed by atoms with Gasteiger partial charge in [0.2, 0.25) is 10.1 Å². The second-order valence-electron chi connectivity index (χ2n) is 3.45. The van der Waals surface area contributed by atoms with Gasteiger partial charge in [-0.2, -0.15) is 21.6 Å². The Balaban J connectivity index is 5.84. The van der Waals surface area contributed by atoms with Crippen molar-refractivity contribution in [1.82, 2.24) is 12.7 Å². The minimum atomic E-state index is -5.98. The molecule has 0 saturated carbocycles. The Kier molecular flexibility index (Phi) is 5.92. The van der Waals surface area contributed by atoms with Crippen molar-refractivity contribution in [2.75, 3.05) is 28.2 Å². The van der Waals surface area contributed by atoms with Crippen LogP contribution in [-0.4, -0.2) is 59.1 Å². The fourth-order valence-corrected chi connectivity index (χ4v) is 4.77. The van der Waals surface area contributed by atoms with Crippen LogP contribution in [0.2, 0.25) is 0 Å². The summed E-state index contributed by atoms with van der Waals surface area (Å²) in [5.41, 5.74) is -5.69. The van der Waals surface area contributed by atoms with E-state index in [1.165, 1.54) is 14.1 Å². The molecule has 1 N–H and O–H groups in total. The van der Waals surface area contributed by atoms with Crippen LogP contribution >= 0.6 is 0 Å². The molecule has 0 aromatic heterocycles. The van der Waals surface area contributed by atoms with Crippen molar-refractivity contribution in [1.29, 1.82) is 0 Å². The maximum Gasteiger partial charge on any atom is 0.519 e. The van der Waals surface area contributed by atoms with Gasteiger partial charge in [-0.1, -0.05) is 3.77 Å². The highest BCUT2D eigenvalue weighted by atomic mass is 32.3. The summed E-state index contributed by atoms with van der Waals surface area (Å²) in [6.07, 6.45) is 0. The standard InChI is InChI=1S/C5H13F3N4O4S3/c1-11(2)17(13)9-19(16,12(3)4)10-18(14,15)5(6,7)8/h1-4H3,(H,9,10,16). The van der Waals surface area contributed by atoms with E-state index in [0.717, 1.165) is 18.4 Å². The van der Waals surface area contributed by atoms with E-state index in [-0.39, 0.29) is 0 Å². The summed E-state index contributed by atoms with van der Waals surface area (Å²) < 4.78 is 87.3. The SMILES string of the molecule is CN(C)S(=O)NS(=O)(=NS(=O)(=O)C(F)(F)F)N(C)C. The number of halogens is 3. The molecule has 0 aliphatic carbocycles. The van der Waals surface area contributed by atoms with Crippen molar-refractivity contribution >= 4 is 31.3 Å². The monoisotopic (exact) mass is 346 g/mol. The minimum absolute atomic E-state index is 0.595. The van der Waals surface area contributed by atoms with Gasteiger partial charge in [-0.3, -0.25) is 0 Å². The van der Waals surface area contributed by atoms with Gasteiger partial charge in [0, 0.05) is 28.2 Å². The molecular formula is C5H13F3N4O4S3. The third-order valence-corrected chi connectivity index (χ3v) is 6.77. The van der Waals surface area contributed by atoms with Gasteiger partial charge in [-0.05, 0) is 0 Å². The number of hydrogen-bond acceptors (Lipinski definition) is 4. The maximum atomic E-state index is 12.2. The largest absolute Gasteiger partial charge is 0.519 e. The van der Waals surface area contributed by atoms with E-state index in [4.69, 9.17) is 0 Å². The van der Waals surface area contributed by atoms with Gasteiger partial charge in [0.1, 0.15) is 0 Å². The third-order valence-electron chi connectivity index (χ3n) is 1.50. The molecule has 0 rings (SSSR count). The number of alkyl halides is 3. The molecule has 0 aromatic carbocycles. The van der Waals surface area contributed by atoms with Crippen LogP contribution in [0.4, 0.5) is 13.2 Å². The Hall–Kier alpha value is -0.280. The molecule has 0 aliphatic rings. The first-order chi connectivity index (χ1) is 8.23. The van der Waals surface area contributed by atoms with Gasteiger partial charge < -0.3 is 0 Å². The molecule has 19 heavy (non-hydrogen) atoms. The van der Waals surface area contributed by atoms with Crippen LogP contribution < -0.4 is 4.13 Å². The van der Waals surface area contributed by atoms with Crippen molar-refractivity contribution in [3.8, 4) is 0 Å². The first kappa shape index (κ1) is 18.7. The first-order valence-corrected chi connectivity index (χ1v) is 8.38. The molecule has 0 amide bonds. The Morgan fingerprint density at radius 2 is 1.53 bits per heavy atom. The lowest BCUT2D eigenvalue weighted by Gasteiger charge is -2.19. The van der Waals surface area contributed by atoms with E-state index < -0.39 is 36.8 Å². The lowest BCUT2D eigenvalue weighted by Crippen LogP contribution is -2.42. The first-order valence-electron chi connectivity index (χ1n) is 4.37. The number of sulfonamides is 1. The van der Waals surface area contributed by atoms with Gasteiger partial charge in [0.05, 0.1) is 0 Å². The molecule has 0 aromatic rings. The molecule has 0 spiro atoms. The summed E-state index contributed by atoms with van der Waals surface area (Å²) in [6.45, 7) is 0.